The number of ether oxygens (including phenoxy) is 1. The van der Waals surface area contributed by atoms with E-state index in [9.17, 15) is 4.79 Å². The van der Waals surface area contributed by atoms with E-state index in [1.54, 1.807) is 0 Å². The molecule has 0 aliphatic carbocycles. The lowest BCUT2D eigenvalue weighted by atomic mass is 9.95. The average molecular weight is 444 g/mol. The monoisotopic (exact) mass is 443 g/mol. The normalized spacial score (nSPS) is 16.7. The van der Waals surface area contributed by atoms with Crippen molar-refractivity contribution < 1.29 is 9.53 Å². The van der Waals surface area contributed by atoms with Crippen molar-refractivity contribution in [2.45, 2.75) is 26.1 Å². The van der Waals surface area contributed by atoms with Gasteiger partial charge >= 0.3 is 0 Å². The van der Waals surface area contributed by atoms with Crippen molar-refractivity contribution in [3.05, 3.63) is 89.4 Å². The highest BCUT2D eigenvalue weighted by Gasteiger charge is 2.36. The van der Waals surface area contributed by atoms with Crippen molar-refractivity contribution >= 4 is 50.6 Å². The fourth-order valence-corrected chi connectivity index (χ4v) is 4.25. The minimum atomic E-state index is -0.645. The van der Waals surface area contributed by atoms with Crippen LogP contribution >= 0.6 is 11.6 Å². The van der Waals surface area contributed by atoms with Gasteiger partial charge in [-0.05, 0) is 58.8 Å². The number of halogens is 1. The highest BCUT2D eigenvalue weighted by molar-refractivity contribution is 6.30. The number of rotatable bonds is 4. The molecule has 32 heavy (non-hydrogen) atoms. The van der Waals surface area contributed by atoms with E-state index in [1.807, 2.05) is 55.5 Å². The summed E-state index contributed by atoms with van der Waals surface area (Å²) in [4.78, 5) is 12.6. The van der Waals surface area contributed by atoms with Gasteiger partial charge in [-0.1, -0.05) is 60.1 Å². The van der Waals surface area contributed by atoms with Gasteiger partial charge in [0.25, 0.3) is 0 Å². The summed E-state index contributed by atoms with van der Waals surface area (Å²) in [6.45, 7) is 3.46. The van der Waals surface area contributed by atoms with Crippen LogP contribution in [-0.4, -0.2) is 22.9 Å². The van der Waals surface area contributed by atoms with E-state index in [1.165, 1.54) is 11.9 Å². The Morgan fingerprint density at radius 1 is 1.00 bits per heavy atom. The van der Waals surface area contributed by atoms with Crippen molar-refractivity contribution in [1.82, 2.24) is 5.01 Å². The number of fused-ring (bicyclic) bond motifs is 2. The first kappa shape index (κ1) is 20.3. The molecule has 4 aromatic carbocycles. The minimum absolute atomic E-state index is 0.180. The van der Waals surface area contributed by atoms with Crippen LogP contribution in [0.5, 0.6) is 0 Å². The maximum Gasteiger partial charge on any atom is 0.243 e. The number of nitrogens with one attached hydrogen (secondary N) is 1. The van der Waals surface area contributed by atoms with E-state index in [0.29, 0.717) is 10.9 Å². The lowest BCUT2D eigenvalue weighted by Crippen LogP contribution is -2.27. The number of amides is 1. The lowest BCUT2D eigenvalue weighted by Gasteiger charge is -2.23. The number of benzene rings is 4. The summed E-state index contributed by atoms with van der Waals surface area (Å²) in [5.41, 5.74) is 1.83. The standard InChI is InChI=1S/C26H22ClN3O2/c1-16(28-21-13-11-20(27)12-14-21)25-29-30(17(2)31)26(32-25)24-22-9-5-3-7-18(22)15-19-8-4-6-10-23(19)24/h3-16,26,28H,1-2H3/t16-,26-/m1/s1. The quantitative estimate of drug-likeness (QED) is 0.374. The Morgan fingerprint density at radius 2 is 1.59 bits per heavy atom. The molecule has 0 bridgehead atoms. The zero-order valence-corrected chi connectivity index (χ0v) is 18.5. The molecule has 0 aromatic heterocycles. The molecule has 1 aliphatic heterocycles. The van der Waals surface area contributed by atoms with Gasteiger partial charge in [0, 0.05) is 23.2 Å². The van der Waals surface area contributed by atoms with Gasteiger partial charge in [0.05, 0.1) is 0 Å². The Labute approximate surface area is 191 Å². The molecule has 0 saturated heterocycles. The van der Waals surface area contributed by atoms with Crippen LogP contribution in [0.4, 0.5) is 5.69 Å². The number of anilines is 1. The number of hydrogen-bond donors (Lipinski definition) is 1. The zero-order chi connectivity index (χ0) is 22.2. The van der Waals surface area contributed by atoms with Gasteiger partial charge in [0.2, 0.25) is 18.0 Å². The summed E-state index contributed by atoms with van der Waals surface area (Å²) in [6, 6.07) is 25.6. The van der Waals surface area contributed by atoms with E-state index < -0.39 is 6.23 Å². The number of nitrogens with zero attached hydrogens (tertiary/aromatic N) is 2. The first-order valence-electron chi connectivity index (χ1n) is 10.5. The van der Waals surface area contributed by atoms with E-state index in [-0.39, 0.29) is 11.9 Å². The number of hydrazone groups is 1. The minimum Gasteiger partial charge on any atom is -0.448 e. The Morgan fingerprint density at radius 3 is 2.19 bits per heavy atom. The molecule has 5 rings (SSSR count). The number of hydrogen-bond acceptors (Lipinski definition) is 4. The molecule has 0 unspecified atom stereocenters. The van der Waals surface area contributed by atoms with E-state index in [0.717, 1.165) is 32.8 Å². The molecule has 2 atom stereocenters. The molecule has 4 aromatic rings. The smallest absolute Gasteiger partial charge is 0.243 e. The van der Waals surface area contributed by atoms with Gasteiger partial charge in [-0.2, -0.15) is 5.01 Å². The van der Waals surface area contributed by atoms with E-state index in [2.05, 4.69) is 40.8 Å². The fourth-order valence-electron chi connectivity index (χ4n) is 4.12. The SMILES string of the molecule is CC(=O)N1N=C([C@@H](C)Nc2ccc(Cl)cc2)O[C@@H]1c1c2ccccc2cc2ccccc12. The fraction of sp³-hybridized carbons (Fsp3) is 0.154. The van der Waals surface area contributed by atoms with Gasteiger partial charge in [-0.3, -0.25) is 4.79 Å². The van der Waals surface area contributed by atoms with Crippen LogP contribution in [0.2, 0.25) is 5.02 Å². The summed E-state index contributed by atoms with van der Waals surface area (Å²) in [7, 11) is 0. The topological polar surface area (TPSA) is 53.9 Å². The third-order valence-corrected chi connectivity index (χ3v) is 5.89. The lowest BCUT2D eigenvalue weighted by molar-refractivity contribution is -0.135. The highest BCUT2D eigenvalue weighted by atomic mass is 35.5. The molecular weight excluding hydrogens is 422 g/mol. The maximum atomic E-state index is 12.6. The average Bonchev–Trinajstić information content (AvgIpc) is 3.24. The van der Waals surface area contributed by atoms with E-state index >= 15 is 0 Å². The molecular formula is C26H22ClN3O2. The first-order chi connectivity index (χ1) is 15.5. The predicted molar refractivity (Wildman–Crippen MR) is 130 cm³/mol. The van der Waals surface area contributed by atoms with Crippen molar-refractivity contribution in [3.8, 4) is 0 Å². The van der Waals surface area contributed by atoms with Gasteiger partial charge < -0.3 is 10.1 Å². The molecule has 1 heterocycles. The Hall–Kier alpha value is -3.57. The predicted octanol–water partition coefficient (Wildman–Crippen LogP) is 6.34. The Kier molecular flexibility index (Phi) is 5.19. The molecule has 1 aliphatic rings. The van der Waals surface area contributed by atoms with Crippen LogP contribution in [0.25, 0.3) is 21.5 Å². The maximum absolute atomic E-state index is 12.6. The summed E-state index contributed by atoms with van der Waals surface area (Å²) in [5, 5.41) is 14.3. The largest absolute Gasteiger partial charge is 0.448 e. The molecule has 0 spiro atoms. The second kappa shape index (κ2) is 8.17. The number of carbonyl (C=O) groups is 1. The van der Waals surface area contributed by atoms with Crippen LogP contribution in [0.1, 0.15) is 25.6 Å². The second-order valence-corrected chi connectivity index (χ2v) is 8.31. The van der Waals surface area contributed by atoms with Crippen LogP contribution in [0, 0.1) is 0 Å². The van der Waals surface area contributed by atoms with Gasteiger partial charge in [0.1, 0.15) is 6.04 Å². The van der Waals surface area contributed by atoms with Crippen LogP contribution in [0.3, 0.4) is 0 Å². The molecule has 5 nitrogen and oxygen atoms in total. The van der Waals surface area contributed by atoms with Crippen LogP contribution < -0.4 is 5.32 Å². The number of carbonyl (C=O) groups excluding carboxylic acids is 1. The van der Waals surface area contributed by atoms with Gasteiger partial charge in [-0.15, -0.1) is 5.10 Å². The van der Waals surface area contributed by atoms with Gasteiger partial charge in [-0.25, -0.2) is 0 Å². The summed E-state index contributed by atoms with van der Waals surface area (Å²) < 4.78 is 6.36. The summed E-state index contributed by atoms with van der Waals surface area (Å²) >= 11 is 5.99. The highest BCUT2D eigenvalue weighted by Crippen LogP contribution is 2.39. The van der Waals surface area contributed by atoms with Crippen LogP contribution in [-0.2, 0) is 9.53 Å². The molecule has 1 N–H and O–H groups in total. The van der Waals surface area contributed by atoms with Crippen molar-refractivity contribution in [2.24, 2.45) is 5.10 Å². The first-order valence-corrected chi connectivity index (χ1v) is 10.9. The van der Waals surface area contributed by atoms with Crippen molar-refractivity contribution in [1.29, 1.82) is 0 Å². The molecule has 0 radical (unpaired) electrons. The van der Waals surface area contributed by atoms with E-state index in [4.69, 9.17) is 16.3 Å². The molecule has 0 fully saturated rings. The molecule has 0 saturated carbocycles. The Bertz CT molecular complexity index is 1300. The van der Waals surface area contributed by atoms with Crippen molar-refractivity contribution in [3.63, 3.8) is 0 Å². The third-order valence-electron chi connectivity index (χ3n) is 5.64. The summed E-state index contributed by atoms with van der Waals surface area (Å²) in [5.74, 6) is 0.276. The molecule has 6 heteroatoms. The third kappa shape index (κ3) is 3.65. The molecule has 160 valence electrons. The Balaban J connectivity index is 1.56. The summed E-state index contributed by atoms with van der Waals surface area (Å²) in [6.07, 6.45) is -0.645. The van der Waals surface area contributed by atoms with Gasteiger partial charge in [0.15, 0.2) is 0 Å². The second-order valence-electron chi connectivity index (χ2n) is 7.88. The zero-order valence-electron chi connectivity index (χ0n) is 17.7. The molecule has 1 amide bonds. The van der Waals surface area contributed by atoms with Crippen molar-refractivity contribution in [2.75, 3.05) is 5.32 Å². The van der Waals surface area contributed by atoms with Crippen LogP contribution in [0.15, 0.2) is 84.0 Å².